The fourth-order valence-electron chi connectivity index (χ4n) is 4.29. The SMILES string of the molecule is CCOC(=O)Nc1ccc2c(CN3C(C)COC(c4ccccc4)C3C)cc(=O)oc2c1. The molecule has 1 fully saturated rings. The number of nitrogens with zero attached hydrogens (tertiary/aromatic N) is 1. The van der Waals surface area contributed by atoms with Crippen LogP contribution in [0.4, 0.5) is 10.5 Å². The van der Waals surface area contributed by atoms with E-state index in [4.69, 9.17) is 13.9 Å². The average molecular weight is 437 g/mol. The topological polar surface area (TPSA) is 81.0 Å². The first-order valence-corrected chi connectivity index (χ1v) is 10.9. The van der Waals surface area contributed by atoms with Crippen molar-refractivity contribution in [2.24, 2.45) is 0 Å². The van der Waals surface area contributed by atoms with Gasteiger partial charge >= 0.3 is 11.7 Å². The molecule has 7 heteroatoms. The second kappa shape index (κ2) is 9.54. The van der Waals surface area contributed by atoms with E-state index in [2.05, 4.69) is 36.2 Å². The third-order valence-corrected chi connectivity index (χ3v) is 5.88. The molecule has 1 saturated heterocycles. The number of anilines is 1. The molecule has 7 nitrogen and oxygen atoms in total. The number of hydrogen-bond donors (Lipinski definition) is 1. The molecular weight excluding hydrogens is 408 g/mol. The first-order chi connectivity index (χ1) is 15.5. The molecule has 1 amide bonds. The zero-order valence-electron chi connectivity index (χ0n) is 18.5. The molecule has 1 aromatic heterocycles. The summed E-state index contributed by atoms with van der Waals surface area (Å²) in [6, 6.07) is 17.4. The maximum absolute atomic E-state index is 12.3. The van der Waals surface area contributed by atoms with Crippen LogP contribution >= 0.6 is 0 Å². The number of morpholine rings is 1. The minimum atomic E-state index is -0.548. The number of hydrogen-bond acceptors (Lipinski definition) is 6. The fourth-order valence-corrected chi connectivity index (χ4v) is 4.29. The van der Waals surface area contributed by atoms with Crippen molar-refractivity contribution in [2.75, 3.05) is 18.5 Å². The van der Waals surface area contributed by atoms with Gasteiger partial charge in [0.2, 0.25) is 0 Å². The molecule has 3 atom stereocenters. The minimum Gasteiger partial charge on any atom is -0.450 e. The molecule has 0 spiro atoms. The van der Waals surface area contributed by atoms with Gasteiger partial charge in [0.1, 0.15) is 5.58 Å². The van der Waals surface area contributed by atoms with Gasteiger partial charge in [-0.2, -0.15) is 0 Å². The van der Waals surface area contributed by atoms with Crippen LogP contribution in [0.5, 0.6) is 0 Å². The van der Waals surface area contributed by atoms with E-state index < -0.39 is 11.7 Å². The molecular formula is C25H28N2O5. The molecule has 1 aliphatic heterocycles. The number of amides is 1. The minimum absolute atomic E-state index is 0.0424. The molecule has 0 saturated carbocycles. The Balaban J connectivity index is 1.62. The molecule has 32 heavy (non-hydrogen) atoms. The van der Waals surface area contributed by atoms with Crippen LogP contribution in [0.25, 0.3) is 11.0 Å². The zero-order valence-corrected chi connectivity index (χ0v) is 18.5. The molecule has 2 aromatic carbocycles. The predicted octanol–water partition coefficient (Wildman–Crippen LogP) is 4.71. The summed E-state index contributed by atoms with van der Waals surface area (Å²) in [5, 5.41) is 3.48. The quantitative estimate of drug-likeness (QED) is 0.584. The lowest BCUT2D eigenvalue weighted by Crippen LogP contribution is -2.50. The maximum atomic E-state index is 12.3. The van der Waals surface area contributed by atoms with E-state index in [1.807, 2.05) is 24.3 Å². The van der Waals surface area contributed by atoms with Crippen LogP contribution in [0.15, 0.2) is 63.8 Å². The second-order valence-corrected chi connectivity index (χ2v) is 8.07. The van der Waals surface area contributed by atoms with Crippen LogP contribution < -0.4 is 10.9 Å². The Hall–Kier alpha value is -3.16. The van der Waals surface area contributed by atoms with E-state index >= 15 is 0 Å². The summed E-state index contributed by atoms with van der Waals surface area (Å²) in [4.78, 5) is 26.4. The molecule has 3 aromatic rings. The van der Waals surface area contributed by atoms with Crippen molar-refractivity contribution in [3.05, 3.63) is 76.1 Å². The molecule has 4 rings (SSSR count). The molecule has 3 unspecified atom stereocenters. The second-order valence-electron chi connectivity index (χ2n) is 8.07. The van der Waals surface area contributed by atoms with Gasteiger partial charge in [0.15, 0.2) is 0 Å². The van der Waals surface area contributed by atoms with Gasteiger partial charge < -0.3 is 13.9 Å². The van der Waals surface area contributed by atoms with Gasteiger partial charge in [0.25, 0.3) is 0 Å². The van der Waals surface area contributed by atoms with Crippen molar-refractivity contribution in [3.63, 3.8) is 0 Å². The fraction of sp³-hybridized carbons (Fsp3) is 0.360. The third kappa shape index (κ3) is 4.69. The summed E-state index contributed by atoms with van der Waals surface area (Å²) in [5.74, 6) is 0. The molecule has 1 N–H and O–H groups in total. The Kier molecular flexibility index (Phi) is 6.58. The van der Waals surface area contributed by atoms with E-state index in [0.717, 1.165) is 16.5 Å². The number of ether oxygens (including phenoxy) is 2. The normalized spacial score (nSPS) is 21.4. The lowest BCUT2D eigenvalue weighted by atomic mass is 9.97. The first-order valence-electron chi connectivity index (χ1n) is 10.9. The largest absolute Gasteiger partial charge is 0.450 e. The number of carbonyl (C=O) groups excluding carboxylic acids is 1. The highest BCUT2D eigenvalue weighted by Gasteiger charge is 2.34. The van der Waals surface area contributed by atoms with Gasteiger partial charge in [-0.05, 0) is 44.0 Å². The highest BCUT2D eigenvalue weighted by Crippen LogP contribution is 2.33. The van der Waals surface area contributed by atoms with Crippen molar-refractivity contribution in [2.45, 2.75) is 45.5 Å². The van der Waals surface area contributed by atoms with Crippen molar-refractivity contribution < 1.29 is 18.7 Å². The number of rotatable bonds is 5. The van der Waals surface area contributed by atoms with Crippen LogP contribution in [0, 0.1) is 0 Å². The highest BCUT2D eigenvalue weighted by molar-refractivity contribution is 5.89. The molecule has 1 aliphatic rings. The van der Waals surface area contributed by atoms with Gasteiger partial charge in [-0.15, -0.1) is 0 Å². The van der Waals surface area contributed by atoms with E-state index in [0.29, 0.717) is 24.4 Å². The Morgan fingerprint density at radius 2 is 1.94 bits per heavy atom. The lowest BCUT2D eigenvalue weighted by Gasteiger charge is -2.44. The van der Waals surface area contributed by atoms with Crippen molar-refractivity contribution in [1.29, 1.82) is 0 Å². The molecule has 2 heterocycles. The van der Waals surface area contributed by atoms with Crippen LogP contribution in [0.2, 0.25) is 0 Å². The molecule has 0 radical (unpaired) electrons. The van der Waals surface area contributed by atoms with Gasteiger partial charge in [-0.3, -0.25) is 10.2 Å². The van der Waals surface area contributed by atoms with Crippen LogP contribution in [-0.2, 0) is 16.0 Å². The lowest BCUT2D eigenvalue weighted by molar-refractivity contribution is -0.0992. The third-order valence-electron chi connectivity index (χ3n) is 5.88. The Morgan fingerprint density at radius 1 is 1.16 bits per heavy atom. The average Bonchev–Trinajstić information content (AvgIpc) is 2.77. The first kappa shape index (κ1) is 22.0. The highest BCUT2D eigenvalue weighted by atomic mass is 16.5. The zero-order chi connectivity index (χ0) is 22.7. The standard InChI is InChI=1S/C25H28N2O5/c1-4-30-25(29)26-20-10-11-21-19(12-23(28)32-22(21)13-20)14-27-16(2)15-31-24(17(27)3)18-8-6-5-7-9-18/h5-13,16-17,24H,4,14-15H2,1-3H3,(H,26,29). The smallest absolute Gasteiger partial charge is 0.411 e. The van der Waals surface area contributed by atoms with Crippen LogP contribution in [-0.4, -0.2) is 36.3 Å². The van der Waals surface area contributed by atoms with E-state index in [1.54, 1.807) is 25.1 Å². The Bertz CT molecular complexity index is 1140. The number of fused-ring (bicyclic) bond motifs is 1. The molecule has 168 valence electrons. The van der Waals surface area contributed by atoms with E-state index in [1.165, 1.54) is 0 Å². The summed E-state index contributed by atoms with van der Waals surface area (Å²) in [7, 11) is 0. The molecule has 0 bridgehead atoms. The number of benzene rings is 2. The summed E-state index contributed by atoms with van der Waals surface area (Å²) in [6.45, 7) is 7.49. The monoisotopic (exact) mass is 436 g/mol. The van der Waals surface area contributed by atoms with E-state index in [-0.39, 0.29) is 24.8 Å². The van der Waals surface area contributed by atoms with Crippen LogP contribution in [0.1, 0.15) is 38.0 Å². The van der Waals surface area contributed by atoms with Gasteiger partial charge in [-0.25, -0.2) is 9.59 Å². The number of carbonyl (C=O) groups is 1. The summed E-state index contributed by atoms with van der Waals surface area (Å²) in [5.41, 5.74) is 2.53. The Labute approximate surface area is 186 Å². The van der Waals surface area contributed by atoms with E-state index in [9.17, 15) is 9.59 Å². The Morgan fingerprint density at radius 3 is 2.69 bits per heavy atom. The summed E-state index contributed by atoms with van der Waals surface area (Å²) < 4.78 is 16.5. The van der Waals surface area contributed by atoms with Crippen molar-refractivity contribution in [1.82, 2.24) is 4.90 Å². The van der Waals surface area contributed by atoms with Gasteiger partial charge in [0, 0.05) is 41.8 Å². The number of nitrogens with one attached hydrogen (secondary N) is 1. The molecule has 0 aliphatic carbocycles. The summed E-state index contributed by atoms with van der Waals surface area (Å²) >= 11 is 0. The van der Waals surface area contributed by atoms with Gasteiger partial charge in [0.05, 0.1) is 19.3 Å². The van der Waals surface area contributed by atoms with Gasteiger partial charge in [-0.1, -0.05) is 30.3 Å². The van der Waals surface area contributed by atoms with Crippen LogP contribution in [0.3, 0.4) is 0 Å². The van der Waals surface area contributed by atoms with Crippen molar-refractivity contribution in [3.8, 4) is 0 Å². The predicted molar refractivity (Wildman–Crippen MR) is 123 cm³/mol. The maximum Gasteiger partial charge on any atom is 0.411 e. The summed E-state index contributed by atoms with van der Waals surface area (Å²) in [6.07, 6.45) is -0.590. The van der Waals surface area contributed by atoms with Crippen molar-refractivity contribution >= 4 is 22.7 Å².